The molecule has 1 amide bonds. The monoisotopic (exact) mass is 410 g/mol. The fraction of sp³-hybridized carbons (Fsp3) is 0.474. The molecule has 11 heteroatoms. The smallest absolute Gasteiger partial charge is 0.328 e. The van der Waals surface area contributed by atoms with Gasteiger partial charge in [-0.05, 0) is 25.0 Å². The van der Waals surface area contributed by atoms with Crippen LogP contribution in [0.3, 0.4) is 0 Å². The van der Waals surface area contributed by atoms with Crippen molar-refractivity contribution in [3.63, 3.8) is 0 Å². The van der Waals surface area contributed by atoms with Crippen LogP contribution in [0.15, 0.2) is 27.9 Å². The molecule has 3 aromatic heterocycles. The zero-order valence-electron chi connectivity index (χ0n) is 16.8. The van der Waals surface area contributed by atoms with Crippen molar-refractivity contribution in [2.24, 2.45) is 7.05 Å². The Bertz CT molecular complexity index is 1250. The van der Waals surface area contributed by atoms with E-state index in [-0.39, 0.29) is 11.6 Å². The summed E-state index contributed by atoms with van der Waals surface area (Å²) in [6.45, 7) is 1.20. The van der Waals surface area contributed by atoms with Crippen molar-refractivity contribution in [2.75, 3.05) is 25.0 Å². The zero-order chi connectivity index (χ0) is 21.0. The summed E-state index contributed by atoms with van der Waals surface area (Å²) in [5, 5.41) is 13.2. The molecule has 1 aliphatic heterocycles. The SMILES string of the molecule is CN(C(=O)c1c[nH]c(=O)n(C)c1=O)C1CN(c2ccc3nnc(C4CCC4)n3n2)C1. The first kappa shape index (κ1) is 18.5. The lowest BCUT2D eigenvalue weighted by Crippen LogP contribution is -2.60. The number of amides is 1. The van der Waals surface area contributed by atoms with Gasteiger partial charge in [-0.25, -0.2) is 4.79 Å². The number of nitrogens with zero attached hydrogens (tertiary/aromatic N) is 7. The van der Waals surface area contributed by atoms with E-state index in [4.69, 9.17) is 5.10 Å². The van der Waals surface area contributed by atoms with E-state index in [2.05, 4.69) is 20.1 Å². The van der Waals surface area contributed by atoms with Gasteiger partial charge in [-0.15, -0.1) is 15.3 Å². The van der Waals surface area contributed by atoms with Crippen molar-refractivity contribution in [1.29, 1.82) is 0 Å². The van der Waals surface area contributed by atoms with E-state index in [9.17, 15) is 14.4 Å². The number of hydrogen-bond acceptors (Lipinski definition) is 7. The molecule has 0 radical (unpaired) electrons. The highest BCUT2D eigenvalue weighted by Crippen LogP contribution is 2.35. The van der Waals surface area contributed by atoms with Gasteiger partial charge in [-0.2, -0.15) is 4.52 Å². The Morgan fingerprint density at radius 1 is 1.20 bits per heavy atom. The summed E-state index contributed by atoms with van der Waals surface area (Å²) in [4.78, 5) is 42.5. The van der Waals surface area contributed by atoms with Crippen molar-refractivity contribution in [1.82, 2.24) is 34.3 Å². The van der Waals surface area contributed by atoms with E-state index in [0.717, 1.165) is 34.7 Å². The van der Waals surface area contributed by atoms with Crippen LogP contribution in [0.5, 0.6) is 0 Å². The van der Waals surface area contributed by atoms with Gasteiger partial charge in [0.15, 0.2) is 11.5 Å². The maximum Gasteiger partial charge on any atom is 0.328 e. The van der Waals surface area contributed by atoms with E-state index in [1.807, 2.05) is 16.6 Å². The number of carbonyl (C=O) groups is 1. The minimum absolute atomic E-state index is 0.0489. The third-order valence-electron chi connectivity index (χ3n) is 6.21. The summed E-state index contributed by atoms with van der Waals surface area (Å²) >= 11 is 0. The van der Waals surface area contributed by atoms with Gasteiger partial charge in [-0.1, -0.05) is 6.42 Å². The Balaban J connectivity index is 1.31. The molecule has 1 N–H and O–H groups in total. The van der Waals surface area contributed by atoms with Gasteiger partial charge in [0.1, 0.15) is 11.4 Å². The van der Waals surface area contributed by atoms with Crippen molar-refractivity contribution < 1.29 is 4.79 Å². The molecule has 0 spiro atoms. The zero-order valence-corrected chi connectivity index (χ0v) is 16.8. The Labute approximate surface area is 170 Å². The second-order valence-electron chi connectivity index (χ2n) is 7.99. The van der Waals surface area contributed by atoms with Crippen molar-refractivity contribution in [3.8, 4) is 0 Å². The van der Waals surface area contributed by atoms with Crippen molar-refractivity contribution >= 4 is 17.4 Å². The molecule has 0 bridgehead atoms. The molecule has 1 aliphatic carbocycles. The molecular formula is C19H22N8O3. The van der Waals surface area contributed by atoms with Crippen LogP contribution >= 0.6 is 0 Å². The minimum Gasteiger partial charge on any atom is -0.351 e. The lowest BCUT2D eigenvalue weighted by atomic mass is 9.85. The molecule has 2 fully saturated rings. The molecule has 156 valence electrons. The van der Waals surface area contributed by atoms with Crippen LogP contribution in [0.4, 0.5) is 5.82 Å². The summed E-state index contributed by atoms with van der Waals surface area (Å²) in [7, 11) is 3.01. The quantitative estimate of drug-likeness (QED) is 0.629. The van der Waals surface area contributed by atoms with Crippen LogP contribution in [-0.4, -0.2) is 66.3 Å². The van der Waals surface area contributed by atoms with Crippen LogP contribution in [0.2, 0.25) is 0 Å². The molecule has 30 heavy (non-hydrogen) atoms. The first-order valence-corrected chi connectivity index (χ1v) is 9.97. The first-order valence-electron chi connectivity index (χ1n) is 9.97. The Kier molecular flexibility index (Phi) is 4.19. The third kappa shape index (κ3) is 2.80. The topological polar surface area (TPSA) is 121 Å². The lowest BCUT2D eigenvalue weighted by molar-refractivity contribution is 0.0702. The number of aromatic nitrogens is 6. The predicted octanol–water partition coefficient (Wildman–Crippen LogP) is -0.260. The summed E-state index contributed by atoms with van der Waals surface area (Å²) in [5.74, 6) is 1.73. The maximum absolute atomic E-state index is 12.7. The highest BCUT2D eigenvalue weighted by Gasteiger charge is 2.35. The van der Waals surface area contributed by atoms with Crippen LogP contribution in [-0.2, 0) is 7.05 Å². The number of H-pyrrole nitrogens is 1. The van der Waals surface area contributed by atoms with Gasteiger partial charge >= 0.3 is 5.69 Å². The van der Waals surface area contributed by atoms with Gasteiger partial charge in [0.05, 0.1) is 6.04 Å². The van der Waals surface area contributed by atoms with Gasteiger partial charge in [0, 0.05) is 39.3 Å². The van der Waals surface area contributed by atoms with E-state index < -0.39 is 17.2 Å². The molecule has 5 rings (SSSR count). The molecule has 0 aromatic carbocycles. The normalized spacial score (nSPS) is 17.1. The molecule has 3 aromatic rings. The van der Waals surface area contributed by atoms with Gasteiger partial charge in [0.25, 0.3) is 11.5 Å². The number of carbonyl (C=O) groups excluding carboxylic acids is 1. The molecule has 11 nitrogen and oxygen atoms in total. The predicted molar refractivity (Wildman–Crippen MR) is 108 cm³/mol. The van der Waals surface area contributed by atoms with E-state index in [0.29, 0.717) is 19.0 Å². The summed E-state index contributed by atoms with van der Waals surface area (Å²) in [6.07, 6.45) is 4.64. The second-order valence-corrected chi connectivity index (χ2v) is 7.99. The molecule has 1 saturated carbocycles. The van der Waals surface area contributed by atoms with Crippen LogP contribution < -0.4 is 16.1 Å². The highest BCUT2D eigenvalue weighted by atomic mass is 16.2. The Hall–Kier alpha value is -3.50. The fourth-order valence-electron chi connectivity index (χ4n) is 3.85. The molecule has 1 saturated heterocycles. The number of likely N-dealkylation sites (N-methyl/N-ethyl adjacent to an activating group) is 1. The molecular weight excluding hydrogens is 388 g/mol. The van der Waals surface area contributed by atoms with Crippen LogP contribution in [0.1, 0.15) is 41.4 Å². The number of rotatable bonds is 4. The van der Waals surface area contributed by atoms with E-state index >= 15 is 0 Å². The van der Waals surface area contributed by atoms with E-state index in [1.54, 1.807) is 11.9 Å². The molecule has 2 aliphatic rings. The minimum atomic E-state index is -0.602. The summed E-state index contributed by atoms with van der Waals surface area (Å²) in [6, 6.07) is 3.76. The fourth-order valence-corrected chi connectivity index (χ4v) is 3.85. The lowest BCUT2D eigenvalue weighted by Gasteiger charge is -2.44. The van der Waals surface area contributed by atoms with Crippen molar-refractivity contribution in [3.05, 3.63) is 50.6 Å². The summed E-state index contributed by atoms with van der Waals surface area (Å²) < 4.78 is 2.72. The first-order chi connectivity index (χ1) is 14.4. The number of fused-ring (bicyclic) bond motifs is 1. The number of aromatic amines is 1. The van der Waals surface area contributed by atoms with Gasteiger partial charge in [-0.3, -0.25) is 14.2 Å². The average Bonchev–Trinajstić information content (AvgIpc) is 3.06. The van der Waals surface area contributed by atoms with Gasteiger partial charge < -0.3 is 14.8 Å². The largest absolute Gasteiger partial charge is 0.351 e. The Morgan fingerprint density at radius 3 is 2.67 bits per heavy atom. The van der Waals surface area contributed by atoms with Gasteiger partial charge in [0.2, 0.25) is 0 Å². The molecule has 4 heterocycles. The molecule has 0 unspecified atom stereocenters. The van der Waals surface area contributed by atoms with Crippen molar-refractivity contribution in [2.45, 2.75) is 31.2 Å². The maximum atomic E-state index is 12.7. The molecule has 0 atom stereocenters. The summed E-state index contributed by atoms with van der Waals surface area (Å²) in [5.41, 5.74) is -0.466. The highest BCUT2D eigenvalue weighted by molar-refractivity contribution is 5.93. The second kappa shape index (κ2) is 6.78. The third-order valence-corrected chi connectivity index (χ3v) is 6.21. The van der Waals surface area contributed by atoms with Crippen LogP contribution in [0, 0.1) is 0 Å². The Morgan fingerprint density at radius 2 is 1.97 bits per heavy atom. The standard InChI is InChI=1S/C19H22N8O3/c1-24(17(28)13-8-20-19(30)25(2)18(13)29)12-9-26(10-12)15-7-6-14-21-22-16(27(14)23-15)11-4-3-5-11/h6-8,11-12H,3-5,9-10H2,1-2H3,(H,20,30). The number of nitrogens with one attached hydrogen (secondary N) is 1. The number of anilines is 1. The van der Waals surface area contributed by atoms with Crippen LogP contribution in [0.25, 0.3) is 5.65 Å². The van der Waals surface area contributed by atoms with E-state index in [1.165, 1.54) is 19.7 Å². The average molecular weight is 410 g/mol. The number of hydrogen-bond donors (Lipinski definition) is 1.